The van der Waals surface area contributed by atoms with Crippen molar-refractivity contribution < 1.29 is 23.7 Å². The van der Waals surface area contributed by atoms with Gasteiger partial charge in [0, 0.05) is 5.56 Å². The van der Waals surface area contributed by atoms with Crippen LogP contribution in [0, 0.1) is 11.3 Å². The van der Waals surface area contributed by atoms with Crippen LogP contribution in [0.5, 0.6) is 23.1 Å². The second-order valence-corrected chi connectivity index (χ2v) is 7.78. The zero-order valence-corrected chi connectivity index (χ0v) is 19.3. The van der Waals surface area contributed by atoms with Gasteiger partial charge in [0.15, 0.2) is 18.1 Å². The SMILES string of the molecule is CCCOc1ccc(-c2[nH]nc3c2[C@H](c2ccc(OCC(N)=O)c(OC)c2)C(C#N)=C(N)O3)cc1. The van der Waals surface area contributed by atoms with Crippen molar-refractivity contribution in [3.05, 3.63) is 65.0 Å². The molecule has 10 heteroatoms. The third-order valence-corrected chi connectivity index (χ3v) is 5.45. The number of carbonyl (C=O) groups excluding carboxylic acids is 1. The Labute approximate surface area is 202 Å². The van der Waals surface area contributed by atoms with Crippen LogP contribution in [0.2, 0.25) is 0 Å². The predicted molar refractivity (Wildman–Crippen MR) is 127 cm³/mol. The van der Waals surface area contributed by atoms with Crippen molar-refractivity contribution in [2.75, 3.05) is 20.3 Å². The Morgan fingerprint density at radius 3 is 2.63 bits per heavy atom. The lowest BCUT2D eigenvalue weighted by atomic mass is 9.83. The molecule has 1 aliphatic heterocycles. The van der Waals surface area contributed by atoms with E-state index in [0.29, 0.717) is 34.9 Å². The van der Waals surface area contributed by atoms with Crippen LogP contribution < -0.4 is 30.4 Å². The van der Waals surface area contributed by atoms with E-state index < -0.39 is 11.8 Å². The molecule has 0 unspecified atom stereocenters. The van der Waals surface area contributed by atoms with E-state index in [0.717, 1.165) is 17.7 Å². The van der Waals surface area contributed by atoms with Gasteiger partial charge in [0.1, 0.15) is 17.4 Å². The molecule has 0 spiro atoms. The Morgan fingerprint density at radius 2 is 1.97 bits per heavy atom. The Hall–Kier alpha value is -4.65. The number of nitrogens with two attached hydrogens (primary N) is 2. The van der Waals surface area contributed by atoms with Gasteiger partial charge in [-0.25, -0.2) is 0 Å². The third-order valence-electron chi connectivity index (χ3n) is 5.45. The molecule has 1 amide bonds. The standard InChI is InChI=1S/C25H25N5O5/c1-3-10-33-16-7-4-14(5-8-16)23-22-21(17(12-26)24(28)35-25(22)30-29-23)15-6-9-18(19(11-15)32-2)34-13-20(27)31/h4-9,11,21H,3,10,13,28H2,1-2H3,(H2,27,31)(H,29,30)/t21-/m1/s1. The number of amides is 1. The Balaban J connectivity index is 1.78. The number of nitrogens with one attached hydrogen (secondary N) is 1. The number of carbonyl (C=O) groups is 1. The van der Waals surface area contributed by atoms with Crippen LogP contribution in [0.1, 0.15) is 30.4 Å². The molecule has 0 fully saturated rings. The number of primary amides is 1. The third kappa shape index (κ3) is 4.70. The molecule has 10 nitrogen and oxygen atoms in total. The Bertz CT molecular complexity index is 1310. The van der Waals surface area contributed by atoms with E-state index in [1.54, 1.807) is 18.2 Å². The van der Waals surface area contributed by atoms with Crippen LogP contribution >= 0.6 is 0 Å². The van der Waals surface area contributed by atoms with Gasteiger partial charge >= 0.3 is 0 Å². The van der Waals surface area contributed by atoms with E-state index in [9.17, 15) is 10.1 Å². The first-order valence-electron chi connectivity index (χ1n) is 10.9. The maximum absolute atomic E-state index is 11.1. The first-order chi connectivity index (χ1) is 17.0. The number of aromatic nitrogens is 2. The maximum Gasteiger partial charge on any atom is 0.255 e. The minimum atomic E-state index is -0.609. The summed E-state index contributed by atoms with van der Waals surface area (Å²) in [6.07, 6.45) is 0.912. The molecule has 0 radical (unpaired) electrons. The van der Waals surface area contributed by atoms with Gasteiger partial charge in [-0.1, -0.05) is 13.0 Å². The molecule has 4 rings (SSSR count). The number of nitriles is 1. The number of ether oxygens (including phenoxy) is 4. The fraction of sp³-hybridized carbons (Fsp3) is 0.240. The summed E-state index contributed by atoms with van der Waals surface area (Å²) in [5.74, 6) is 0.521. The van der Waals surface area contributed by atoms with E-state index in [1.165, 1.54) is 7.11 Å². The van der Waals surface area contributed by atoms with Crippen molar-refractivity contribution in [3.63, 3.8) is 0 Å². The summed E-state index contributed by atoms with van der Waals surface area (Å²) in [5, 5.41) is 17.3. The zero-order chi connectivity index (χ0) is 24.9. The van der Waals surface area contributed by atoms with E-state index >= 15 is 0 Å². The van der Waals surface area contributed by atoms with Crippen molar-refractivity contribution in [2.24, 2.45) is 11.5 Å². The minimum absolute atomic E-state index is 0.0283. The number of H-pyrrole nitrogens is 1. The monoisotopic (exact) mass is 475 g/mol. The predicted octanol–water partition coefficient (Wildman–Crippen LogP) is 2.96. The largest absolute Gasteiger partial charge is 0.494 e. The summed E-state index contributed by atoms with van der Waals surface area (Å²) in [6, 6.07) is 14.9. The van der Waals surface area contributed by atoms with E-state index in [4.69, 9.17) is 30.4 Å². The lowest BCUT2D eigenvalue weighted by Gasteiger charge is -2.25. The molecule has 0 saturated carbocycles. The number of nitrogens with zero attached hydrogens (tertiary/aromatic N) is 2. The molecule has 0 bridgehead atoms. The summed E-state index contributed by atoms with van der Waals surface area (Å²) in [5.41, 5.74) is 14.4. The van der Waals surface area contributed by atoms with Crippen molar-refractivity contribution >= 4 is 5.91 Å². The van der Waals surface area contributed by atoms with E-state index in [2.05, 4.69) is 16.3 Å². The van der Waals surface area contributed by atoms with Gasteiger partial charge in [-0.3, -0.25) is 9.89 Å². The zero-order valence-electron chi connectivity index (χ0n) is 19.3. The van der Waals surface area contributed by atoms with Crippen molar-refractivity contribution in [3.8, 4) is 40.5 Å². The van der Waals surface area contributed by atoms with Gasteiger partial charge in [0.05, 0.1) is 30.9 Å². The van der Waals surface area contributed by atoms with Crippen LogP contribution in [0.15, 0.2) is 53.9 Å². The van der Waals surface area contributed by atoms with E-state index in [1.807, 2.05) is 31.2 Å². The second kappa shape index (κ2) is 10.1. The molecule has 0 saturated heterocycles. The number of fused-ring (bicyclic) bond motifs is 1. The molecule has 1 aromatic heterocycles. The summed E-state index contributed by atoms with van der Waals surface area (Å²) >= 11 is 0. The Kier molecular flexibility index (Phi) is 6.78. The molecular weight excluding hydrogens is 450 g/mol. The van der Waals surface area contributed by atoms with Crippen LogP contribution in [-0.2, 0) is 4.79 Å². The Morgan fingerprint density at radius 1 is 1.20 bits per heavy atom. The second-order valence-electron chi connectivity index (χ2n) is 7.78. The summed E-state index contributed by atoms with van der Waals surface area (Å²) in [6.45, 7) is 2.38. The first-order valence-corrected chi connectivity index (χ1v) is 10.9. The van der Waals surface area contributed by atoms with Crippen molar-refractivity contribution in [1.82, 2.24) is 10.2 Å². The number of allylic oxidation sites excluding steroid dienone is 1. The molecule has 2 aromatic carbocycles. The molecular formula is C25H25N5O5. The maximum atomic E-state index is 11.1. The molecule has 35 heavy (non-hydrogen) atoms. The average Bonchev–Trinajstić information content (AvgIpc) is 3.28. The van der Waals surface area contributed by atoms with Crippen molar-refractivity contribution in [2.45, 2.75) is 19.3 Å². The van der Waals surface area contributed by atoms with Crippen LogP contribution in [0.3, 0.4) is 0 Å². The normalized spacial score (nSPS) is 14.5. The van der Waals surface area contributed by atoms with Crippen LogP contribution in [-0.4, -0.2) is 36.4 Å². The number of methoxy groups -OCH3 is 1. The molecule has 2 heterocycles. The quantitative estimate of drug-likeness (QED) is 0.426. The smallest absolute Gasteiger partial charge is 0.255 e. The fourth-order valence-electron chi connectivity index (χ4n) is 3.87. The number of rotatable bonds is 9. The van der Waals surface area contributed by atoms with Gasteiger partial charge in [-0.2, -0.15) is 5.26 Å². The molecule has 3 aromatic rings. The lowest BCUT2D eigenvalue weighted by molar-refractivity contribution is -0.119. The highest BCUT2D eigenvalue weighted by molar-refractivity contribution is 5.75. The minimum Gasteiger partial charge on any atom is -0.494 e. The topological polar surface area (TPSA) is 158 Å². The highest BCUT2D eigenvalue weighted by Crippen LogP contribution is 2.47. The van der Waals surface area contributed by atoms with Gasteiger partial charge in [-0.15, -0.1) is 5.10 Å². The van der Waals surface area contributed by atoms with Gasteiger partial charge < -0.3 is 30.4 Å². The highest BCUT2D eigenvalue weighted by Gasteiger charge is 2.36. The van der Waals surface area contributed by atoms with Gasteiger partial charge in [0.2, 0.25) is 11.8 Å². The number of hydrogen-bond acceptors (Lipinski definition) is 8. The highest BCUT2D eigenvalue weighted by atomic mass is 16.5. The van der Waals surface area contributed by atoms with Gasteiger partial charge in [-0.05, 0) is 48.4 Å². The molecule has 0 aliphatic carbocycles. The van der Waals surface area contributed by atoms with Gasteiger partial charge in [0.25, 0.3) is 5.91 Å². The molecule has 1 aliphatic rings. The summed E-state index contributed by atoms with van der Waals surface area (Å²) < 4.78 is 22.2. The average molecular weight is 476 g/mol. The molecule has 180 valence electrons. The number of hydrogen-bond donors (Lipinski definition) is 3. The first kappa shape index (κ1) is 23.5. The van der Waals surface area contributed by atoms with E-state index in [-0.39, 0.29) is 23.9 Å². The molecule has 1 atom stereocenters. The summed E-state index contributed by atoms with van der Waals surface area (Å²) in [4.78, 5) is 11.1. The van der Waals surface area contributed by atoms with Crippen LogP contribution in [0.25, 0.3) is 11.3 Å². The lowest BCUT2D eigenvalue weighted by Crippen LogP contribution is -2.21. The van der Waals surface area contributed by atoms with Crippen LogP contribution in [0.4, 0.5) is 0 Å². The number of benzene rings is 2. The number of aromatic amines is 1. The summed E-state index contributed by atoms with van der Waals surface area (Å²) in [7, 11) is 1.48. The fourth-order valence-corrected chi connectivity index (χ4v) is 3.87. The van der Waals surface area contributed by atoms with Crippen molar-refractivity contribution in [1.29, 1.82) is 5.26 Å². The molecule has 5 N–H and O–H groups in total.